The van der Waals surface area contributed by atoms with Crippen LogP contribution < -0.4 is 4.74 Å². The van der Waals surface area contributed by atoms with E-state index in [4.69, 9.17) is 14.2 Å². The van der Waals surface area contributed by atoms with Gasteiger partial charge in [-0.05, 0) is 38.5 Å². The first-order valence-electron chi connectivity index (χ1n) is 5.93. The Balaban J connectivity index is 1.96. The molecule has 0 bridgehead atoms. The maximum atomic E-state index is 11.8. The molecule has 0 spiro atoms. The molecule has 0 aliphatic carbocycles. The minimum absolute atomic E-state index is 0.189. The number of esters is 1. The molecule has 1 heterocycles. The lowest BCUT2D eigenvalue weighted by Gasteiger charge is -2.18. The Kier molecular flexibility index (Phi) is 3.30. The van der Waals surface area contributed by atoms with Crippen molar-refractivity contribution in [1.82, 2.24) is 0 Å². The SMILES string of the molecule is COc1ccc([C@@H]2O[C@H]2C(=O)OC(C)(C)C)cc1. The third-order valence-electron chi connectivity index (χ3n) is 2.58. The molecule has 1 aliphatic rings. The standard InChI is InChI=1S/C14H18O4/c1-14(2,3)18-13(15)12-11(17-12)9-5-7-10(16-4)8-6-9/h5-8,11-12H,1-4H3/t11-,12+/m0/s1. The highest BCUT2D eigenvalue weighted by Gasteiger charge is 2.48. The maximum Gasteiger partial charge on any atom is 0.338 e. The first kappa shape index (κ1) is 12.9. The van der Waals surface area contributed by atoms with Crippen molar-refractivity contribution in [3.8, 4) is 5.75 Å². The topological polar surface area (TPSA) is 48.1 Å². The van der Waals surface area contributed by atoms with Gasteiger partial charge in [-0.15, -0.1) is 0 Å². The van der Waals surface area contributed by atoms with Crippen molar-refractivity contribution in [2.75, 3.05) is 7.11 Å². The van der Waals surface area contributed by atoms with Crippen molar-refractivity contribution < 1.29 is 19.0 Å². The molecule has 0 aromatic heterocycles. The summed E-state index contributed by atoms with van der Waals surface area (Å²) in [6, 6.07) is 7.49. The van der Waals surface area contributed by atoms with E-state index in [1.54, 1.807) is 7.11 Å². The van der Waals surface area contributed by atoms with Gasteiger partial charge in [0.25, 0.3) is 0 Å². The normalized spacial score (nSPS) is 22.4. The van der Waals surface area contributed by atoms with E-state index in [9.17, 15) is 4.79 Å². The highest BCUT2D eigenvalue weighted by atomic mass is 16.6. The van der Waals surface area contributed by atoms with E-state index in [2.05, 4.69) is 0 Å². The molecule has 0 N–H and O–H groups in total. The molecule has 4 nitrogen and oxygen atoms in total. The Morgan fingerprint density at radius 3 is 2.33 bits per heavy atom. The lowest BCUT2D eigenvalue weighted by atomic mass is 10.1. The molecule has 18 heavy (non-hydrogen) atoms. The van der Waals surface area contributed by atoms with Gasteiger partial charge in [-0.25, -0.2) is 4.79 Å². The summed E-state index contributed by atoms with van der Waals surface area (Å²) in [5, 5.41) is 0. The molecule has 1 aromatic carbocycles. The zero-order valence-electron chi connectivity index (χ0n) is 11.1. The minimum Gasteiger partial charge on any atom is -0.497 e. The molecule has 1 fully saturated rings. The summed E-state index contributed by atoms with van der Waals surface area (Å²) >= 11 is 0. The second kappa shape index (κ2) is 4.61. The van der Waals surface area contributed by atoms with Gasteiger partial charge < -0.3 is 14.2 Å². The molecule has 0 radical (unpaired) electrons. The lowest BCUT2D eigenvalue weighted by Crippen LogP contribution is -2.26. The fourth-order valence-electron chi connectivity index (χ4n) is 1.70. The molecule has 1 saturated heterocycles. The molecule has 2 rings (SSSR count). The van der Waals surface area contributed by atoms with Crippen molar-refractivity contribution in [2.24, 2.45) is 0 Å². The molecule has 0 saturated carbocycles. The zero-order chi connectivity index (χ0) is 13.3. The molecule has 4 heteroatoms. The van der Waals surface area contributed by atoms with E-state index in [-0.39, 0.29) is 12.1 Å². The molecular formula is C14H18O4. The number of epoxide rings is 1. The molecule has 1 aliphatic heterocycles. The van der Waals surface area contributed by atoms with Crippen LogP contribution >= 0.6 is 0 Å². The molecule has 2 atom stereocenters. The predicted molar refractivity (Wildman–Crippen MR) is 66.5 cm³/mol. The van der Waals surface area contributed by atoms with Crippen LogP contribution in [0.1, 0.15) is 32.4 Å². The number of hydrogen-bond acceptors (Lipinski definition) is 4. The average Bonchev–Trinajstić information content (AvgIpc) is 3.07. The number of carbonyl (C=O) groups is 1. The number of hydrogen-bond donors (Lipinski definition) is 0. The van der Waals surface area contributed by atoms with Crippen molar-refractivity contribution in [3.63, 3.8) is 0 Å². The van der Waals surface area contributed by atoms with Gasteiger partial charge in [-0.3, -0.25) is 0 Å². The van der Waals surface area contributed by atoms with E-state index in [1.165, 1.54) is 0 Å². The predicted octanol–water partition coefficient (Wildman–Crippen LogP) is 2.48. The summed E-state index contributed by atoms with van der Waals surface area (Å²) in [7, 11) is 1.62. The summed E-state index contributed by atoms with van der Waals surface area (Å²) < 4.78 is 15.7. The van der Waals surface area contributed by atoms with Crippen LogP contribution in [0.25, 0.3) is 0 Å². The smallest absolute Gasteiger partial charge is 0.338 e. The highest BCUT2D eigenvalue weighted by Crippen LogP contribution is 2.40. The molecule has 1 aromatic rings. The van der Waals surface area contributed by atoms with Crippen molar-refractivity contribution in [3.05, 3.63) is 29.8 Å². The summed E-state index contributed by atoms with van der Waals surface area (Å²) in [6.45, 7) is 5.53. The fourth-order valence-corrected chi connectivity index (χ4v) is 1.70. The number of carbonyl (C=O) groups excluding carboxylic acids is 1. The van der Waals surface area contributed by atoms with Crippen LogP contribution in [0.15, 0.2) is 24.3 Å². The van der Waals surface area contributed by atoms with Crippen LogP contribution in [0, 0.1) is 0 Å². The zero-order valence-corrected chi connectivity index (χ0v) is 11.1. The summed E-state index contributed by atoms with van der Waals surface area (Å²) in [5.74, 6) is 0.483. The van der Waals surface area contributed by atoms with Gasteiger partial charge >= 0.3 is 5.97 Å². The molecule has 98 valence electrons. The number of ether oxygens (including phenoxy) is 3. The van der Waals surface area contributed by atoms with Gasteiger partial charge in [0.15, 0.2) is 6.10 Å². The van der Waals surface area contributed by atoms with Gasteiger partial charge in [-0.2, -0.15) is 0 Å². The average molecular weight is 250 g/mol. The van der Waals surface area contributed by atoms with E-state index < -0.39 is 11.7 Å². The number of rotatable bonds is 3. The van der Waals surface area contributed by atoms with Crippen LogP contribution in [-0.2, 0) is 14.3 Å². The monoisotopic (exact) mass is 250 g/mol. The second-order valence-electron chi connectivity index (χ2n) is 5.28. The van der Waals surface area contributed by atoms with Gasteiger partial charge in [0.05, 0.1) is 7.11 Å². The summed E-state index contributed by atoms with van der Waals surface area (Å²) in [6.07, 6.45) is -0.664. The third-order valence-corrected chi connectivity index (χ3v) is 2.58. The Hall–Kier alpha value is -1.55. The summed E-state index contributed by atoms with van der Waals surface area (Å²) in [5.41, 5.74) is 0.486. The minimum atomic E-state index is -0.479. The third kappa shape index (κ3) is 3.01. The van der Waals surface area contributed by atoms with E-state index in [0.717, 1.165) is 11.3 Å². The van der Waals surface area contributed by atoms with E-state index in [0.29, 0.717) is 0 Å². The van der Waals surface area contributed by atoms with Crippen LogP contribution in [0.5, 0.6) is 5.75 Å². The first-order chi connectivity index (χ1) is 8.40. The van der Waals surface area contributed by atoms with Crippen molar-refractivity contribution in [1.29, 1.82) is 0 Å². The van der Waals surface area contributed by atoms with Crippen LogP contribution in [0.4, 0.5) is 0 Å². The highest BCUT2D eigenvalue weighted by molar-refractivity contribution is 5.78. The van der Waals surface area contributed by atoms with Crippen molar-refractivity contribution >= 4 is 5.97 Å². The Morgan fingerprint density at radius 2 is 1.83 bits per heavy atom. The van der Waals surface area contributed by atoms with E-state index in [1.807, 2.05) is 45.0 Å². The van der Waals surface area contributed by atoms with Crippen LogP contribution in [0.3, 0.4) is 0 Å². The quantitative estimate of drug-likeness (QED) is 0.611. The molecule has 0 amide bonds. The van der Waals surface area contributed by atoms with Crippen LogP contribution in [-0.4, -0.2) is 24.8 Å². The fraction of sp³-hybridized carbons (Fsp3) is 0.500. The Labute approximate surface area is 107 Å². The van der Waals surface area contributed by atoms with Gasteiger partial charge in [0.1, 0.15) is 17.5 Å². The lowest BCUT2D eigenvalue weighted by molar-refractivity contribution is -0.156. The molecular weight excluding hydrogens is 232 g/mol. The van der Waals surface area contributed by atoms with E-state index >= 15 is 0 Å². The first-order valence-corrected chi connectivity index (χ1v) is 5.93. The molecule has 0 unspecified atom stereocenters. The Bertz CT molecular complexity index is 430. The van der Waals surface area contributed by atoms with Crippen molar-refractivity contribution in [2.45, 2.75) is 38.6 Å². The number of methoxy groups -OCH3 is 1. The van der Waals surface area contributed by atoms with Crippen LogP contribution in [0.2, 0.25) is 0 Å². The maximum absolute atomic E-state index is 11.8. The van der Waals surface area contributed by atoms with Gasteiger partial charge in [-0.1, -0.05) is 12.1 Å². The summed E-state index contributed by atoms with van der Waals surface area (Å²) in [4.78, 5) is 11.8. The largest absolute Gasteiger partial charge is 0.497 e. The Morgan fingerprint density at radius 1 is 1.22 bits per heavy atom. The number of benzene rings is 1. The van der Waals surface area contributed by atoms with Gasteiger partial charge in [0, 0.05) is 0 Å². The van der Waals surface area contributed by atoms with Gasteiger partial charge in [0.2, 0.25) is 0 Å². The second-order valence-corrected chi connectivity index (χ2v) is 5.28.